The van der Waals surface area contributed by atoms with Crippen LogP contribution in [0.3, 0.4) is 0 Å². The number of rotatable bonds is 4. The highest BCUT2D eigenvalue weighted by Gasteiger charge is 2.34. The van der Waals surface area contributed by atoms with Crippen molar-refractivity contribution in [1.29, 1.82) is 0 Å². The second kappa shape index (κ2) is 8.92. The fourth-order valence-electron chi connectivity index (χ4n) is 2.87. The first-order chi connectivity index (χ1) is 11.6. The molecule has 5 nitrogen and oxygen atoms in total. The van der Waals surface area contributed by atoms with E-state index in [1.165, 1.54) is 18.0 Å². The average molecular weight is 414 g/mol. The summed E-state index contributed by atoms with van der Waals surface area (Å²) in [6.07, 6.45) is -2.59. The first kappa shape index (κ1) is 22.5. The Labute approximate surface area is 160 Å². The van der Waals surface area contributed by atoms with E-state index in [0.717, 1.165) is 18.6 Å². The van der Waals surface area contributed by atoms with Crippen LogP contribution in [-0.2, 0) is 15.8 Å². The van der Waals surface area contributed by atoms with Gasteiger partial charge in [-0.15, -0.1) is 12.4 Å². The van der Waals surface area contributed by atoms with Gasteiger partial charge >= 0.3 is 6.18 Å². The van der Waals surface area contributed by atoms with Crippen molar-refractivity contribution in [2.45, 2.75) is 31.5 Å². The Morgan fingerprint density at radius 2 is 2.00 bits per heavy atom. The van der Waals surface area contributed by atoms with Crippen molar-refractivity contribution >= 4 is 41.5 Å². The Morgan fingerprint density at radius 3 is 2.54 bits per heavy atom. The van der Waals surface area contributed by atoms with E-state index in [1.54, 1.807) is 0 Å². The number of anilines is 1. The van der Waals surface area contributed by atoms with Gasteiger partial charge in [-0.2, -0.15) is 13.2 Å². The summed E-state index contributed by atoms with van der Waals surface area (Å²) in [7, 11) is 1.48. The van der Waals surface area contributed by atoms with Crippen LogP contribution in [0.25, 0.3) is 0 Å². The molecular formula is C16H20Cl2F3N3O2. The van der Waals surface area contributed by atoms with Gasteiger partial charge < -0.3 is 16.0 Å². The molecule has 2 rings (SSSR count). The van der Waals surface area contributed by atoms with Crippen LogP contribution in [0, 0.1) is 5.92 Å². The number of amides is 2. The zero-order valence-electron chi connectivity index (χ0n) is 14.0. The SMILES string of the molecule is CN(CC(=O)Nc1ccc(Cl)c(C(F)(F)F)c1)C(=O)C1CCC(N)C1.Cl. The van der Waals surface area contributed by atoms with Crippen LogP contribution in [0.15, 0.2) is 18.2 Å². The molecule has 26 heavy (non-hydrogen) atoms. The lowest BCUT2D eigenvalue weighted by molar-refractivity contribution is -0.137. The third-order valence-corrected chi connectivity index (χ3v) is 4.46. The molecule has 1 aliphatic rings. The van der Waals surface area contributed by atoms with E-state index in [-0.39, 0.29) is 42.5 Å². The Balaban J connectivity index is 0.00000338. The normalized spacial score (nSPS) is 19.6. The number of likely N-dealkylation sites (N-methyl/N-ethyl adjacent to an activating group) is 1. The standard InChI is InChI=1S/C16H19ClF3N3O2.ClH/c1-23(15(25)9-2-3-10(21)6-9)8-14(24)22-11-4-5-13(17)12(7-11)16(18,19)20;/h4-5,7,9-10H,2-3,6,8,21H2,1H3,(H,22,24);1H. The Morgan fingerprint density at radius 1 is 1.35 bits per heavy atom. The molecule has 146 valence electrons. The molecule has 2 amide bonds. The second-order valence-electron chi connectivity index (χ2n) is 6.20. The highest BCUT2D eigenvalue weighted by atomic mass is 35.5. The number of carbonyl (C=O) groups excluding carboxylic acids is 2. The van der Waals surface area contributed by atoms with Crippen LogP contribution in [0.4, 0.5) is 18.9 Å². The minimum absolute atomic E-state index is 0. The fraction of sp³-hybridized carbons (Fsp3) is 0.500. The predicted molar refractivity (Wildman–Crippen MR) is 95.3 cm³/mol. The first-order valence-corrected chi connectivity index (χ1v) is 8.13. The Bertz CT molecular complexity index is 671. The van der Waals surface area contributed by atoms with Crippen molar-refractivity contribution in [2.24, 2.45) is 11.7 Å². The van der Waals surface area contributed by atoms with Gasteiger partial charge in [0, 0.05) is 24.7 Å². The molecule has 0 saturated heterocycles. The Kier molecular flexibility index (Phi) is 7.73. The molecule has 2 atom stereocenters. The van der Waals surface area contributed by atoms with Crippen LogP contribution in [0.5, 0.6) is 0 Å². The number of halogens is 5. The minimum atomic E-state index is -4.62. The number of benzene rings is 1. The molecule has 0 spiro atoms. The van der Waals surface area contributed by atoms with Gasteiger partial charge in [0.2, 0.25) is 11.8 Å². The molecule has 3 N–H and O–H groups in total. The maximum Gasteiger partial charge on any atom is 0.417 e. The topological polar surface area (TPSA) is 75.4 Å². The molecule has 1 aromatic rings. The Hall–Kier alpha value is -1.51. The number of nitrogens with two attached hydrogens (primary N) is 1. The van der Waals surface area contributed by atoms with Gasteiger partial charge in [0.15, 0.2) is 0 Å². The zero-order chi connectivity index (χ0) is 18.8. The molecule has 0 heterocycles. The smallest absolute Gasteiger partial charge is 0.336 e. The molecule has 1 saturated carbocycles. The van der Waals surface area contributed by atoms with E-state index in [2.05, 4.69) is 5.32 Å². The van der Waals surface area contributed by atoms with Gasteiger partial charge in [-0.05, 0) is 37.5 Å². The van der Waals surface area contributed by atoms with Crippen LogP contribution in [0.2, 0.25) is 5.02 Å². The summed E-state index contributed by atoms with van der Waals surface area (Å²) in [5.41, 5.74) is 4.71. The lowest BCUT2D eigenvalue weighted by atomic mass is 10.1. The molecular weight excluding hydrogens is 394 g/mol. The van der Waals surface area contributed by atoms with Gasteiger partial charge in [-0.25, -0.2) is 0 Å². The summed E-state index contributed by atoms with van der Waals surface area (Å²) in [5.74, 6) is -0.982. The van der Waals surface area contributed by atoms with Crippen LogP contribution in [-0.4, -0.2) is 36.3 Å². The molecule has 2 unspecified atom stereocenters. The maximum absolute atomic E-state index is 12.8. The summed E-state index contributed by atoms with van der Waals surface area (Å²) < 4.78 is 38.5. The van der Waals surface area contributed by atoms with Crippen LogP contribution >= 0.6 is 24.0 Å². The van der Waals surface area contributed by atoms with Gasteiger partial charge in [0.25, 0.3) is 0 Å². The lowest BCUT2D eigenvalue weighted by Crippen LogP contribution is -2.38. The van der Waals surface area contributed by atoms with E-state index in [0.29, 0.717) is 12.8 Å². The molecule has 0 bridgehead atoms. The lowest BCUT2D eigenvalue weighted by Gasteiger charge is -2.20. The van der Waals surface area contributed by atoms with Crippen molar-refractivity contribution in [1.82, 2.24) is 4.90 Å². The first-order valence-electron chi connectivity index (χ1n) is 7.75. The summed E-state index contributed by atoms with van der Waals surface area (Å²) >= 11 is 5.53. The third-order valence-electron chi connectivity index (χ3n) is 4.13. The molecule has 0 aromatic heterocycles. The van der Waals surface area contributed by atoms with E-state index in [4.69, 9.17) is 17.3 Å². The van der Waals surface area contributed by atoms with Crippen molar-refractivity contribution in [3.63, 3.8) is 0 Å². The van der Waals surface area contributed by atoms with E-state index in [9.17, 15) is 22.8 Å². The number of hydrogen-bond acceptors (Lipinski definition) is 3. The van der Waals surface area contributed by atoms with Gasteiger partial charge in [-0.1, -0.05) is 11.6 Å². The number of nitrogens with zero attached hydrogens (tertiary/aromatic N) is 1. The van der Waals surface area contributed by atoms with Gasteiger partial charge in [0.1, 0.15) is 0 Å². The maximum atomic E-state index is 12.8. The van der Waals surface area contributed by atoms with Crippen LogP contribution in [0.1, 0.15) is 24.8 Å². The highest BCUT2D eigenvalue weighted by Crippen LogP contribution is 2.36. The number of carbonyl (C=O) groups is 2. The minimum Gasteiger partial charge on any atom is -0.336 e. The largest absolute Gasteiger partial charge is 0.417 e. The molecule has 10 heteroatoms. The zero-order valence-corrected chi connectivity index (χ0v) is 15.5. The molecule has 1 fully saturated rings. The number of nitrogens with one attached hydrogen (secondary N) is 1. The molecule has 1 aromatic carbocycles. The van der Waals surface area contributed by atoms with Crippen LogP contribution < -0.4 is 11.1 Å². The second-order valence-corrected chi connectivity index (χ2v) is 6.61. The van der Waals surface area contributed by atoms with Gasteiger partial charge in [0.05, 0.1) is 17.1 Å². The summed E-state index contributed by atoms with van der Waals surface area (Å²) in [6, 6.07) is 3.09. The van der Waals surface area contributed by atoms with E-state index < -0.39 is 22.7 Å². The van der Waals surface area contributed by atoms with Crippen molar-refractivity contribution < 1.29 is 22.8 Å². The van der Waals surface area contributed by atoms with E-state index >= 15 is 0 Å². The molecule has 1 aliphatic carbocycles. The fourth-order valence-corrected chi connectivity index (χ4v) is 3.09. The van der Waals surface area contributed by atoms with E-state index in [1.807, 2.05) is 0 Å². The highest BCUT2D eigenvalue weighted by molar-refractivity contribution is 6.31. The van der Waals surface area contributed by atoms with Crippen molar-refractivity contribution in [3.8, 4) is 0 Å². The average Bonchev–Trinajstić information content (AvgIpc) is 2.93. The molecule has 0 radical (unpaired) electrons. The van der Waals surface area contributed by atoms with Crippen molar-refractivity contribution in [2.75, 3.05) is 18.9 Å². The van der Waals surface area contributed by atoms with Crippen molar-refractivity contribution in [3.05, 3.63) is 28.8 Å². The molecule has 0 aliphatic heterocycles. The summed E-state index contributed by atoms with van der Waals surface area (Å²) in [6.45, 7) is -0.255. The summed E-state index contributed by atoms with van der Waals surface area (Å²) in [4.78, 5) is 25.5. The predicted octanol–water partition coefficient (Wildman–Crippen LogP) is 3.30. The third kappa shape index (κ3) is 5.75. The number of alkyl halides is 3. The van der Waals surface area contributed by atoms with Gasteiger partial charge in [-0.3, -0.25) is 9.59 Å². The summed E-state index contributed by atoms with van der Waals surface area (Å²) in [5, 5.41) is 1.90. The monoisotopic (exact) mass is 413 g/mol. The quantitative estimate of drug-likeness (QED) is 0.794. The number of hydrogen-bond donors (Lipinski definition) is 2.